The number of allylic oxidation sites excluding steroid dienone is 1. The highest BCUT2D eigenvalue weighted by Gasteiger charge is 2.07. The predicted molar refractivity (Wildman–Crippen MR) is 88.9 cm³/mol. The van der Waals surface area contributed by atoms with Crippen LogP contribution in [0.5, 0.6) is 0 Å². The van der Waals surface area contributed by atoms with Crippen LogP contribution in [0.15, 0.2) is 36.9 Å². The van der Waals surface area contributed by atoms with Gasteiger partial charge in [-0.2, -0.15) is 0 Å². The maximum atomic E-state index is 11.1. The number of hydrogen-bond acceptors (Lipinski definition) is 1. The first-order valence-corrected chi connectivity index (χ1v) is 8.18. The van der Waals surface area contributed by atoms with Crippen LogP contribution in [0.1, 0.15) is 73.7 Å². The maximum absolute atomic E-state index is 11.1. The number of rotatable bonds is 12. The second-order valence-electron chi connectivity index (χ2n) is 5.62. The smallest absolute Gasteiger partial charge is 0.335 e. The van der Waals surface area contributed by atoms with E-state index in [1.807, 2.05) is 18.2 Å². The third-order valence-electron chi connectivity index (χ3n) is 3.85. The number of benzene rings is 1. The number of hydrogen-bond donors (Lipinski definition) is 1. The summed E-state index contributed by atoms with van der Waals surface area (Å²) in [5, 5.41) is 9.12. The lowest BCUT2D eigenvalue weighted by Crippen LogP contribution is -2.02. The zero-order valence-electron chi connectivity index (χ0n) is 13.0. The van der Waals surface area contributed by atoms with E-state index in [2.05, 4.69) is 6.58 Å². The van der Waals surface area contributed by atoms with Crippen LogP contribution in [0.2, 0.25) is 0 Å². The van der Waals surface area contributed by atoms with Gasteiger partial charge in [-0.1, -0.05) is 62.8 Å². The van der Waals surface area contributed by atoms with Crippen molar-refractivity contribution < 1.29 is 9.90 Å². The molecule has 0 spiro atoms. The highest BCUT2D eigenvalue weighted by molar-refractivity contribution is 5.89. The lowest BCUT2D eigenvalue weighted by molar-refractivity contribution is 0.0695. The minimum absolute atomic E-state index is 0.458. The van der Waals surface area contributed by atoms with Gasteiger partial charge in [-0.05, 0) is 37.3 Å². The van der Waals surface area contributed by atoms with E-state index in [-0.39, 0.29) is 0 Å². The highest BCUT2D eigenvalue weighted by atomic mass is 16.4. The summed E-state index contributed by atoms with van der Waals surface area (Å²) in [7, 11) is 0. The summed E-state index contributed by atoms with van der Waals surface area (Å²) in [6.07, 6.45) is 14.1. The second kappa shape index (κ2) is 11.1. The van der Waals surface area contributed by atoms with Crippen molar-refractivity contribution in [2.45, 2.75) is 64.2 Å². The van der Waals surface area contributed by atoms with Crippen LogP contribution in [0.3, 0.4) is 0 Å². The van der Waals surface area contributed by atoms with Gasteiger partial charge < -0.3 is 5.11 Å². The Morgan fingerprint density at radius 3 is 2.14 bits per heavy atom. The molecule has 1 aromatic carbocycles. The molecule has 1 N–H and O–H groups in total. The van der Waals surface area contributed by atoms with Gasteiger partial charge in [0.25, 0.3) is 0 Å². The fraction of sp³-hybridized carbons (Fsp3) is 0.526. The Labute approximate surface area is 128 Å². The van der Waals surface area contributed by atoms with Gasteiger partial charge in [-0.25, -0.2) is 4.79 Å². The molecule has 0 heterocycles. The fourth-order valence-electron chi connectivity index (χ4n) is 2.61. The average Bonchev–Trinajstić information content (AvgIpc) is 2.49. The standard InChI is InChI=1S/C19H28O2/c1-2-3-4-5-6-7-8-9-10-11-14-17-15-12-13-16-18(17)19(20)21/h2,12-13,15-16H,1,3-11,14H2,(H,20,21). The normalized spacial score (nSPS) is 10.5. The number of carboxylic acid groups (broad SMARTS) is 1. The monoisotopic (exact) mass is 288 g/mol. The number of aryl methyl sites for hydroxylation is 1. The van der Waals surface area contributed by atoms with Crippen molar-refractivity contribution in [3.05, 3.63) is 48.0 Å². The van der Waals surface area contributed by atoms with E-state index >= 15 is 0 Å². The van der Waals surface area contributed by atoms with Crippen LogP contribution in [0.25, 0.3) is 0 Å². The lowest BCUT2D eigenvalue weighted by atomic mass is 10.00. The molecule has 1 rings (SSSR count). The molecule has 2 heteroatoms. The molecule has 2 nitrogen and oxygen atoms in total. The Bertz CT molecular complexity index is 423. The molecule has 116 valence electrons. The van der Waals surface area contributed by atoms with Crippen LogP contribution in [-0.4, -0.2) is 11.1 Å². The van der Waals surface area contributed by atoms with Gasteiger partial charge in [0.15, 0.2) is 0 Å². The minimum atomic E-state index is -0.815. The lowest BCUT2D eigenvalue weighted by Gasteiger charge is -2.06. The number of carbonyl (C=O) groups is 1. The van der Waals surface area contributed by atoms with Crippen molar-refractivity contribution in [2.24, 2.45) is 0 Å². The molecule has 0 saturated heterocycles. The van der Waals surface area contributed by atoms with E-state index in [4.69, 9.17) is 5.11 Å². The van der Waals surface area contributed by atoms with Gasteiger partial charge in [0.2, 0.25) is 0 Å². The second-order valence-corrected chi connectivity index (χ2v) is 5.62. The molecule has 0 unspecified atom stereocenters. The Morgan fingerprint density at radius 2 is 1.52 bits per heavy atom. The largest absolute Gasteiger partial charge is 0.478 e. The molecule has 0 aliphatic heterocycles. The van der Waals surface area contributed by atoms with Gasteiger partial charge in [-0.15, -0.1) is 6.58 Å². The summed E-state index contributed by atoms with van der Waals surface area (Å²) in [5.41, 5.74) is 1.43. The topological polar surface area (TPSA) is 37.3 Å². The molecule has 0 aromatic heterocycles. The molecule has 21 heavy (non-hydrogen) atoms. The van der Waals surface area contributed by atoms with Gasteiger partial charge in [0, 0.05) is 0 Å². The molecule has 0 fully saturated rings. The number of carboxylic acids is 1. The van der Waals surface area contributed by atoms with Crippen LogP contribution >= 0.6 is 0 Å². The summed E-state index contributed by atoms with van der Waals surface area (Å²) in [5.74, 6) is -0.815. The van der Waals surface area contributed by atoms with E-state index < -0.39 is 5.97 Å². The van der Waals surface area contributed by atoms with Gasteiger partial charge in [-0.3, -0.25) is 0 Å². The first-order chi connectivity index (χ1) is 10.3. The van der Waals surface area contributed by atoms with Crippen LogP contribution in [0, 0.1) is 0 Å². The zero-order chi connectivity index (χ0) is 15.3. The third-order valence-corrected chi connectivity index (χ3v) is 3.85. The summed E-state index contributed by atoms with van der Waals surface area (Å²) in [6, 6.07) is 7.34. The summed E-state index contributed by atoms with van der Waals surface area (Å²) in [6.45, 7) is 3.73. The van der Waals surface area contributed by atoms with Crippen LogP contribution in [0.4, 0.5) is 0 Å². The van der Waals surface area contributed by atoms with E-state index in [1.54, 1.807) is 12.1 Å². The Kier molecular flexibility index (Phi) is 9.26. The summed E-state index contributed by atoms with van der Waals surface area (Å²) in [4.78, 5) is 11.1. The molecule has 0 saturated carbocycles. The van der Waals surface area contributed by atoms with E-state index in [0.29, 0.717) is 5.56 Å². The van der Waals surface area contributed by atoms with Crippen molar-refractivity contribution in [2.75, 3.05) is 0 Å². The number of aromatic carboxylic acids is 1. The molecule has 0 atom stereocenters. The molecular weight excluding hydrogens is 260 g/mol. The molecule has 1 aromatic rings. The third kappa shape index (κ3) is 7.69. The maximum Gasteiger partial charge on any atom is 0.335 e. The first-order valence-electron chi connectivity index (χ1n) is 8.18. The number of unbranched alkanes of at least 4 members (excludes halogenated alkanes) is 8. The molecule has 0 amide bonds. The van der Waals surface area contributed by atoms with Crippen molar-refractivity contribution >= 4 is 5.97 Å². The van der Waals surface area contributed by atoms with E-state index in [0.717, 1.165) is 24.8 Å². The van der Waals surface area contributed by atoms with Crippen LogP contribution < -0.4 is 0 Å². The Balaban J connectivity index is 2.07. The van der Waals surface area contributed by atoms with Gasteiger partial charge >= 0.3 is 5.97 Å². The predicted octanol–water partition coefficient (Wildman–Crippen LogP) is 5.62. The van der Waals surface area contributed by atoms with Crippen molar-refractivity contribution in [3.63, 3.8) is 0 Å². The van der Waals surface area contributed by atoms with Crippen molar-refractivity contribution in [1.29, 1.82) is 0 Å². The van der Waals surface area contributed by atoms with Gasteiger partial charge in [0.05, 0.1) is 5.56 Å². The Hall–Kier alpha value is -1.57. The van der Waals surface area contributed by atoms with Crippen molar-refractivity contribution in [1.82, 2.24) is 0 Å². The Morgan fingerprint density at radius 1 is 0.952 bits per heavy atom. The summed E-state index contributed by atoms with van der Waals surface area (Å²) >= 11 is 0. The van der Waals surface area contributed by atoms with Gasteiger partial charge in [0.1, 0.15) is 0 Å². The summed E-state index contributed by atoms with van der Waals surface area (Å²) < 4.78 is 0. The van der Waals surface area contributed by atoms with Crippen LogP contribution in [-0.2, 0) is 6.42 Å². The average molecular weight is 288 g/mol. The highest BCUT2D eigenvalue weighted by Crippen LogP contribution is 2.15. The van der Waals surface area contributed by atoms with E-state index in [9.17, 15) is 4.79 Å². The molecule has 0 radical (unpaired) electrons. The quantitative estimate of drug-likeness (QED) is 0.400. The molecule has 0 aliphatic rings. The SMILES string of the molecule is C=CCCCCCCCCCCc1ccccc1C(=O)O. The minimum Gasteiger partial charge on any atom is -0.478 e. The molecule has 0 bridgehead atoms. The van der Waals surface area contributed by atoms with E-state index in [1.165, 1.54) is 44.9 Å². The first kappa shape index (κ1) is 17.5. The molecule has 0 aliphatic carbocycles. The van der Waals surface area contributed by atoms with Crippen molar-refractivity contribution in [3.8, 4) is 0 Å². The zero-order valence-corrected chi connectivity index (χ0v) is 13.0. The molecular formula is C19H28O2. The fourth-order valence-corrected chi connectivity index (χ4v) is 2.61.